The topological polar surface area (TPSA) is 70.7 Å². The average molecular weight is 381 g/mol. The summed E-state index contributed by atoms with van der Waals surface area (Å²) in [6, 6.07) is 17.6. The molecule has 0 spiro atoms. The van der Waals surface area contributed by atoms with Gasteiger partial charge in [0.05, 0.1) is 26.2 Å². The van der Waals surface area contributed by atoms with E-state index >= 15 is 0 Å². The Labute approximate surface area is 165 Å². The highest BCUT2D eigenvalue weighted by Gasteiger charge is 2.13. The summed E-state index contributed by atoms with van der Waals surface area (Å²) in [5, 5.41) is 5.57. The number of hydrogen-bond acceptors (Lipinski definition) is 4. The van der Waals surface area contributed by atoms with Gasteiger partial charge in [-0.15, -0.1) is 0 Å². The first-order valence-corrected chi connectivity index (χ1v) is 9.65. The molecule has 1 aliphatic rings. The van der Waals surface area contributed by atoms with Crippen molar-refractivity contribution in [2.24, 2.45) is 0 Å². The van der Waals surface area contributed by atoms with Crippen molar-refractivity contribution < 1.29 is 14.3 Å². The molecule has 6 nitrogen and oxygen atoms in total. The third-order valence-electron chi connectivity index (χ3n) is 4.75. The van der Waals surface area contributed by atoms with Gasteiger partial charge >= 0.3 is 0 Å². The maximum absolute atomic E-state index is 12.1. The van der Waals surface area contributed by atoms with E-state index in [0.29, 0.717) is 6.54 Å². The molecule has 1 aliphatic heterocycles. The summed E-state index contributed by atoms with van der Waals surface area (Å²) in [6.45, 7) is 4.67. The maximum atomic E-state index is 12.1. The standard InChI is InChI=1S/C22H27N3O3/c26-21(14-18-6-2-1-3-7-18)24-16-22(27)23-15-19-8-4-5-9-20(19)17-25-10-12-28-13-11-25/h1-9H,10-17H2,(H,23,27)(H,24,26). The summed E-state index contributed by atoms with van der Waals surface area (Å²) in [4.78, 5) is 26.4. The molecule has 3 rings (SSSR count). The zero-order valence-electron chi connectivity index (χ0n) is 16.0. The highest BCUT2D eigenvalue weighted by Crippen LogP contribution is 2.13. The lowest BCUT2D eigenvalue weighted by atomic mass is 10.1. The van der Waals surface area contributed by atoms with Crippen LogP contribution in [-0.4, -0.2) is 49.6 Å². The lowest BCUT2D eigenvalue weighted by Gasteiger charge is -2.27. The second-order valence-electron chi connectivity index (χ2n) is 6.87. The predicted molar refractivity (Wildman–Crippen MR) is 108 cm³/mol. The molecule has 1 heterocycles. The van der Waals surface area contributed by atoms with Crippen LogP contribution in [0.2, 0.25) is 0 Å². The highest BCUT2D eigenvalue weighted by molar-refractivity contribution is 5.85. The van der Waals surface area contributed by atoms with Crippen molar-refractivity contribution in [1.29, 1.82) is 0 Å². The van der Waals surface area contributed by atoms with Crippen molar-refractivity contribution in [3.8, 4) is 0 Å². The largest absolute Gasteiger partial charge is 0.379 e. The summed E-state index contributed by atoms with van der Waals surface area (Å²) in [5.74, 6) is -0.350. The summed E-state index contributed by atoms with van der Waals surface area (Å²) in [6.07, 6.45) is 0.274. The van der Waals surface area contributed by atoms with Gasteiger partial charge in [-0.25, -0.2) is 0 Å². The Morgan fingerprint density at radius 1 is 0.857 bits per heavy atom. The number of nitrogens with one attached hydrogen (secondary N) is 2. The Hall–Kier alpha value is -2.70. The molecule has 0 radical (unpaired) electrons. The van der Waals surface area contributed by atoms with Crippen LogP contribution in [0.1, 0.15) is 16.7 Å². The SMILES string of the molecule is O=C(CNC(=O)Cc1ccccc1)NCc1ccccc1CN1CCOCC1. The zero-order chi connectivity index (χ0) is 19.6. The van der Waals surface area contributed by atoms with Crippen molar-refractivity contribution in [1.82, 2.24) is 15.5 Å². The molecule has 2 amide bonds. The molecular formula is C22H27N3O3. The maximum Gasteiger partial charge on any atom is 0.239 e. The van der Waals surface area contributed by atoms with Gasteiger partial charge in [0.2, 0.25) is 11.8 Å². The lowest BCUT2D eigenvalue weighted by Crippen LogP contribution is -2.38. The van der Waals surface area contributed by atoms with Gasteiger partial charge in [-0.2, -0.15) is 0 Å². The van der Waals surface area contributed by atoms with E-state index in [1.165, 1.54) is 5.56 Å². The number of benzene rings is 2. The van der Waals surface area contributed by atoms with E-state index < -0.39 is 0 Å². The van der Waals surface area contributed by atoms with E-state index in [9.17, 15) is 9.59 Å². The fourth-order valence-corrected chi connectivity index (χ4v) is 3.16. The Morgan fingerprint density at radius 2 is 1.54 bits per heavy atom. The molecule has 0 atom stereocenters. The molecule has 0 bridgehead atoms. The third-order valence-corrected chi connectivity index (χ3v) is 4.75. The van der Waals surface area contributed by atoms with E-state index in [4.69, 9.17) is 4.74 Å². The second-order valence-corrected chi connectivity index (χ2v) is 6.87. The molecule has 148 valence electrons. The normalized spacial score (nSPS) is 14.4. The fraction of sp³-hybridized carbons (Fsp3) is 0.364. The monoisotopic (exact) mass is 381 g/mol. The van der Waals surface area contributed by atoms with E-state index in [1.54, 1.807) is 0 Å². The number of morpholine rings is 1. The number of ether oxygens (including phenoxy) is 1. The molecule has 1 saturated heterocycles. The molecular weight excluding hydrogens is 354 g/mol. The minimum absolute atomic E-state index is 0.0166. The fourth-order valence-electron chi connectivity index (χ4n) is 3.16. The smallest absolute Gasteiger partial charge is 0.239 e. The number of amides is 2. The Bertz CT molecular complexity index is 774. The summed E-state index contributed by atoms with van der Waals surface area (Å²) < 4.78 is 5.40. The molecule has 2 N–H and O–H groups in total. The molecule has 6 heteroatoms. The van der Waals surface area contributed by atoms with Gasteiger partial charge in [0, 0.05) is 26.2 Å². The summed E-state index contributed by atoms with van der Waals surface area (Å²) in [7, 11) is 0. The molecule has 0 saturated carbocycles. The van der Waals surface area contributed by atoms with Crippen LogP contribution in [0.5, 0.6) is 0 Å². The molecule has 28 heavy (non-hydrogen) atoms. The van der Waals surface area contributed by atoms with Crippen LogP contribution in [0.3, 0.4) is 0 Å². The van der Waals surface area contributed by atoms with Gasteiger partial charge < -0.3 is 15.4 Å². The van der Waals surface area contributed by atoms with Crippen LogP contribution in [0.25, 0.3) is 0 Å². The van der Waals surface area contributed by atoms with Gasteiger partial charge in [-0.05, 0) is 16.7 Å². The van der Waals surface area contributed by atoms with Gasteiger partial charge in [-0.1, -0.05) is 54.6 Å². The first-order chi connectivity index (χ1) is 13.7. The second kappa shape index (κ2) is 10.6. The quantitative estimate of drug-likeness (QED) is 0.727. The minimum atomic E-state index is -0.192. The molecule has 2 aromatic rings. The Morgan fingerprint density at radius 3 is 2.29 bits per heavy atom. The Balaban J connectivity index is 1.43. The molecule has 0 aliphatic carbocycles. The summed E-state index contributed by atoms with van der Waals surface area (Å²) in [5.41, 5.74) is 3.23. The molecule has 0 unspecified atom stereocenters. The predicted octanol–water partition coefficient (Wildman–Crippen LogP) is 1.49. The average Bonchev–Trinajstić information content (AvgIpc) is 2.73. The van der Waals surface area contributed by atoms with Crippen molar-refractivity contribution in [3.05, 3.63) is 71.3 Å². The van der Waals surface area contributed by atoms with Crippen molar-refractivity contribution in [2.75, 3.05) is 32.8 Å². The van der Waals surface area contributed by atoms with Crippen molar-refractivity contribution in [2.45, 2.75) is 19.5 Å². The van der Waals surface area contributed by atoms with Gasteiger partial charge in [0.1, 0.15) is 0 Å². The zero-order valence-corrected chi connectivity index (χ0v) is 16.0. The number of rotatable bonds is 8. The Kier molecular flexibility index (Phi) is 7.58. The first-order valence-electron chi connectivity index (χ1n) is 9.65. The number of nitrogens with zero attached hydrogens (tertiary/aromatic N) is 1. The van der Waals surface area contributed by atoms with Crippen LogP contribution >= 0.6 is 0 Å². The third kappa shape index (κ3) is 6.48. The lowest BCUT2D eigenvalue weighted by molar-refractivity contribution is -0.125. The van der Waals surface area contributed by atoms with Crippen LogP contribution in [-0.2, 0) is 33.8 Å². The molecule has 1 fully saturated rings. The van der Waals surface area contributed by atoms with Gasteiger partial charge in [0.25, 0.3) is 0 Å². The van der Waals surface area contributed by atoms with Crippen LogP contribution in [0.15, 0.2) is 54.6 Å². The number of hydrogen-bond donors (Lipinski definition) is 2. The van der Waals surface area contributed by atoms with Gasteiger partial charge in [-0.3, -0.25) is 14.5 Å². The molecule has 0 aromatic heterocycles. The number of carbonyl (C=O) groups is 2. The van der Waals surface area contributed by atoms with Crippen LogP contribution in [0, 0.1) is 0 Å². The summed E-state index contributed by atoms with van der Waals surface area (Å²) >= 11 is 0. The molecule has 2 aromatic carbocycles. The van der Waals surface area contributed by atoms with Crippen molar-refractivity contribution >= 4 is 11.8 Å². The van der Waals surface area contributed by atoms with Crippen molar-refractivity contribution in [3.63, 3.8) is 0 Å². The number of carbonyl (C=O) groups excluding carboxylic acids is 2. The van der Waals surface area contributed by atoms with Crippen LogP contribution in [0.4, 0.5) is 0 Å². The van der Waals surface area contributed by atoms with E-state index in [2.05, 4.69) is 21.6 Å². The van der Waals surface area contributed by atoms with Crippen LogP contribution < -0.4 is 10.6 Å². The first kappa shape index (κ1) is 20.0. The van der Waals surface area contributed by atoms with E-state index in [0.717, 1.165) is 44.0 Å². The highest BCUT2D eigenvalue weighted by atomic mass is 16.5. The minimum Gasteiger partial charge on any atom is -0.379 e. The van der Waals surface area contributed by atoms with E-state index in [-0.39, 0.29) is 24.8 Å². The van der Waals surface area contributed by atoms with E-state index in [1.807, 2.05) is 48.5 Å². The van der Waals surface area contributed by atoms with Gasteiger partial charge in [0.15, 0.2) is 0 Å².